The first-order valence-electron chi connectivity index (χ1n) is 7.60. The first-order valence-corrected chi connectivity index (χ1v) is 9.23. The number of aromatic nitrogens is 1. The van der Waals surface area contributed by atoms with E-state index in [1.165, 1.54) is 18.3 Å². The summed E-state index contributed by atoms with van der Waals surface area (Å²) in [7, 11) is 0. The lowest BCUT2D eigenvalue weighted by molar-refractivity contribution is -0.119. The Morgan fingerprint density at radius 3 is 2.74 bits per heavy atom. The van der Waals surface area contributed by atoms with Gasteiger partial charge in [0, 0.05) is 23.1 Å². The first kappa shape index (κ1) is 17.6. The highest BCUT2D eigenvalue weighted by molar-refractivity contribution is 7.18. The number of aryl methyl sites for hydroxylation is 1. The van der Waals surface area contributed by atoms with Gasteiger partial charge >= 0.3 is 0 Å². The van der Waals surface area contributed by atoms with Crippen LogP contribution >= 0.6 is 22.7 Å². The lowest BCUT2D eigenvalue weighted by Gasteiger charge is -1.99. The van der Waals surface area contributed by atoms with E-state index in [1.54, 1.807) is 11.3 Å². The molecule has 0 saturated carbocycles. The number of amides is 2. The molecule has 0 radical (unpaired) electrons. The highest BCUT2D eigenvalue weighted by atomic mass is 32.1. The molecular formula is C16H21N3O2S2. The van der Waals surface area contributed by atoms with Crippen LogP contribution < -0.4 is 10.6 Å². The molecule has 0 unspecified atom stereocenters. The quantitative estimate of drug-likeness (QED) is 0.793. The van der Waals surface area contributed by atoms with Gasteiger partial charge in [0.25, 0.3) is 0 Å². The minimum absolute atomic E-state index is 0.0182. The van der Waals surface area contributed by atoms with Crippen molar-refractivity contribution in [2.24, 2.45) is 0 Å². The van der Waals surface area contributed by atoms with Crippen molar-refractivity contribution in [2.45, 2.75) is 46.6 Å². The second-order valence-electron chi connectivity index (χ2n) is 5.25. The van der Waals surface area contributed by atoms with E-state index in [0.717, 1.165) is 33.2 Å². The maximum atomic E-state index is 11.8. The Labute approximate surface area is 144 Å². The molecule has 0 aliphatic heterocycles. The fourth-order valence-corrected chi connectivity index (χ4v) is 3.91. The Morgan fingerprint density at radius 1 is 1.26 bits per heavy atom. The predicted octanol–water partition coefficient (Wildman–Crippen LogP) is 3.94. The van der Waals surface area contributed by atoms with Gasteiger partial charge in [-0.1, -0.05) is 13.3 Å². The van der Waals surface area contributed by atoms with Crippen LogP contribution in [-0.4, -0.2) is 16.8 Å². The van der Waals surface area contributed by atoms with Crippen LogP contribution in [0.4, 0.5) is 5.13 Å². The molecule has 0 bridgehead atoms. The lowest BCUT2D eigenvalue weighted by Crippen LogP contribution is -2.17. The molecule has 0 aliphatic rings. The summed E-state index contributed by atoms with van der Waals surface area (Å²) in [6.45, 7) is 6.10. The summed E-state index contributed by atoms with van der Waals surface area (Å²) < 4.78 is 0. The van der Waals surface area contributed by atoms with Crippen molar-refractivity contribution in [3.63, 3.8) is 0 Å². The third-order valence-corrected chi connectivity index (χ3v) is 5.19. The van der Waals surface area contributed by atoms with E-state index in [9.17, 15) is 9.59 Å². The number of anilines is 1. The molecule has 0 fully saturated rings. The Morgan fingerprint density at radius 2 is 2.04 bits per heavy atom. The van der Waals surface area contributed by atoms with E-state index in [4.69, 9.17) is 0 Å². The fraction of sp³-hybridized carbons (Fsp3) is 0.438. The van der Waals surface area contributed by atoms with E-state index >= 15 is 0 Å². The Hall–Kier alpha value is -1.73. The lowest BCUT2D eigenvalue weighted by atomic mass is 10.2. The van der Waals surface area contributed by atoms with Crippen LogP contribution in [0.3, 0.4) is 0 Å². The highest BCUT2D eigenvalue weighted by Crippen LogP contribution is 2.34. The molecule has 0 spiro atoms. The smallest absolute Gasteiger partial charge is 0.226 e. The van der Waals surface area contributed by atoms with E-state index in [2.05, 4.69) is 22.5 Å². The number of nitrogens with zero attached hydrogens (tertiary/aromatic N) is 1. The van der Waals surface area contributed by atoms with Crippen LogP contribution in [0.2, 0.25) is 0 Å². The molecule has 2 rings (SSSR count). The Balaban J connectivity index is 2.06. The summed E-state index contributed by atoms with van der Waals surface area (Å²) in [5, 5.41) is 6.31. The van der Waals surface area contributed by atoms with Crippen molar-refractivity contribution in [3.8, 4) is 10.6 Å². The summed E-state index contributed by atoms with van der Waals surface area (Å²) in [6, 6.07) is 4.00. The molecule has 0 saturated heterocycles. The number of unbranched alkanes of at least 4 members (excludes halogenated alkanes) is 1. The van der Waals surface area contributed by atoms with Gasteiger partial charge in [-0.25, -0.2) is 4.98 Å². The average Bonchev–Trinajstić information content (AvgIpc) is 3.09. The van der Waals surface area contributed by atoms with Crippen LogP contribution in [0.25, 0.3) is 10.6 Å². The molecule has 2 amide bonds. The molecule has 2 aromatic heterocycles. The molecule has 2 N–H and O–H groups in total. The summed E-state index contributed by atoms with van der Waals surface area (Å²) in [5.74, 6) is -0.0217. The number of rotatable bonds is 7. The summed E-state index contributed by atoms with van der Waals surface area (Å²) in [5.41, 5.74) is 0.903. The fourth-order valence-electron chi connectivity index (χ4n) is 2.01. The minimum Gasteiger partial charge on any atom is -0.351 e. The molecule has 0 aliphatic carbocycles. The third kappa shape index (κ3) is 5.14. The molecule has 0 atom stereocenters. The molecule has 7 heteroatoms. The topological polar surface area (TPSA) is 71.1 Å². The predicted molar refractivity (Wildman–Crippen MR) is 95.8 cm³/mol. The van der Waals surface area contributed by atoms with Gasteiger partial charge in [0.05, 0.1) is 17.1 Å². The van der Waals surface area contributed by atoms with Crippen LogP contribution in [0.15, 0.2) is 12.1 Å². The van der Waals surface area contributed by atoms with E-state index < -0.39 is 0 Å². The molecule has 2 aromatic rings. The van der Waals surface area contributed by atoms with E-state index in [-0.39, 0.29) is 11.8 Å². The maximum absolute atomic E-state index is 11.8. The average molecular weight is 351 g/mol. The SMILES string of the molecule is CCCCC(=O)Nc1nc(-c2ccc(CNC(C)=O)s2)c(C)s1. The van der Waals surface area contributed by atoms with Gasteiger partial charge in [0.15, 0.2) is 5.13 Å². The van der Waals surface area contributed by atoms with Crippen molar-refractivity contribution in [1.82, 2.24) is 10.3 Å². The first-order chi connectivity index (χ1) is 11.0. The minimum atomic E-state index is -0.0399. The number of carbonyl (C=O) groups excluding carboxylic acids is 2. The van der Waals surface area contributed by atoms with Crippen molar-refractivity contribution < 1.29 is 9.59 Å². The standard InChI is InChI=1S/C16H21N3O2S2/c1-4-5-6-14(21)18-16-19-15(10(2)22-16)13-8-7-12(23-13)9-17-11(3)20/h7-8H,4-6,9H2,1-3H3,(H,17,20)(H,18,19,21). The van der Waals surface area contributed by atoms with Gasteiger partial charge in [0.1, 0.15) is 0 Å². The number of thiophene rings is 1. The van der Waals surface area contributed by atoms with Crippen molar-refractivity contribution in [1.29, 1.82) is 0 Å². The molecule has 23 heavy (non-hydrogen) atoms. The third-order valence-electron chi connectivity index (χ3n) is 3.21. The van der Waals surface area contributed by atoms with Crippen molar-refractivity contribution in [2.75, 3.05) is 5.32 Å². The molecule has 0 aromatic carbocycles. The molecule has 2 heterocycles. The number of nitrogens with one attached hydrogen (secondary N) is 2. The van der Waals surface area contributed by atoms with Gasteiger partial charge in [-0.3, -0.25) is 9.59 Å². The summed E-state index contributed by atoms with van der Waals surface area (Å²) in [6.07, 6.45) is 2.42. The van der Waals surface area contributed by atoms with Gasteiger partial charge in [-0.2, -0.15) is 0 Å². The van der Waals surface area contributed by atoms with Gasteiger partial charge in [0.2, 0.25) is 11.8 Å². The van der Waals surface area contributed by atoms with Crippen LogP contribution in [0, 0.1) is 6.92 Å². The highest BCUT2D eigenvalue weighted by Gasteiger charge is 2.13. The zero-order valence-electron chi connectivity index (χ0n) is 13.6. The van der Waals surface area contributed by atoms with E-state index in [1.807, 2.05) is 19.1 Å². The van der Waals surface area contributed by atoms with Crippen molar-refractivity contribution in [3.05, 3.63) is 21.9 Å². The Bertz CT molecular complexity index is 691. The van der Waals surface area contributed by atoms with Crippen molar-refractivity contribution >= 4 is 39.6 Å². The molecule has 5 nitrogen and oxygen atoms in total. The number of hydrogen-bond acceptors (Lipinski definition) is 5. The number of carbonyl (C=O) groups is 2. The van der Waals surface area contributed by atoms with Crippen LogP contribution in [-0.2, 0) is 16.1 Å². The number of thiazole rings is 1. The van der Waals surface area contributed by atoms with Gasteiger partial charge in [-0.05, 0) is 25.5 Å². The second kappa shape index (κ2) is 8.21. The van der Waals surface area contributed by atoms with Crippen LogP contribution in [0.1, 0.15) is 42.9 Å². The zero-order chi connectivity index (χ0) is 16.8. The number of hydrogen-bond donors (Lipinski definition) is 2. The largest absolute Gasteiger partial charge is 0.351 e. The zero-order valence-corrected chi connectivity index (χ0v) is 15.2. The Kier molecular flexibility index (Phi) is 6.29. The normalized spacial score (nSPS) is 10.6. The maximum Gasteiger partial charge on any atom is 0.226 e. The summed E-state index contributed by atoms with van der Waals surface area (Å²) in [4.78, 5) is 30.5. The van der Waals surface area contributed by atoms with E-state index in [0.29, 0.717) is 18.1 Å². The second-order valence-corrected chi connectivity index (χ2v) is 7.62. The molecule has 124 valence electrons. The summed E-state index contributed by atoms with van der Waals surface area (Å²) >= 11 is 3.10. The monoisotopic (exact) mass is 351 g/mol. The van der Waals surface area contributed by atoms with Gasteiger partial charge in [-0.15, -0.1) is 22.7 Å². The van der Waals surface area contributed by atoms with Crippen LogP contribution in [0.5, 0.6) is 0 Å². The molecular weight excluding hydrogens is 330 g/mol. The van der Waals surface area contributed by atoms with Gasteiger partial charge < -0.3 is 10.6 Å².